The molecule has 0 aliphatic carbocycles. The zero-order valence-corrected chi connectivity index (χ0v) is 16.1. The minimum atomic E-state index is 0.153. The topological polar surface area (TPSA) is 75.0 Å². The summed E-state index contributed by atoms with van der Waals surface area (Å²) in [7, 11) is 0. The van der Waals surface area contributed by atoms with Crippen molar-refractivity contribution in [3.63, 3.8) is 0 Å². The maximum atomic E-state index is 12.5. The molecule has 0 spiro atoms. The van der Waals surface area contributed by atoms with Crippen molar-refractivity contribution in [2.24, 2.45) is 0 Å². The van der Waals surface area contributed by atoms with Crippen LogP contribution in [0.15, 0.2) is 27.2 Å². The molecule has 8 heteroatoms. The summed E-state index contributed by atoms with van der Waals surface area (Å²) in [6, 6.07) is 6.17. The first-order valence-corrected chi connectivity index (χ1v) is 9.99. The first-order chi connectivity index (χ1) is 12.1. The van der Waals surface area contributed by atoms with Crippen molar-refractivity contribution >= 4 is 44.5 Å². The zero-order chi connectivity index (χ0) is 17.4. The van der Waals surface area contributed by atoms with Gasteiger partial charge in [0.05, 0.1) is 17.0 Å². The summed E-state index contributed by atoms with van der Waals surface area (Å²) in [6.07, 6.45) is 0.858. The van der Waals surface area contributed by atoms with Crippen molar-refractivity contribution in [3.8, 4) is 0 Å². The van der Waals surface area contributed by atoms with E-state index in [4.69, 9.17) is 4.52 Å². The second-order valence-electron chi connectivity index (χ2n) is 6.03. The first-order valence-electron chi connectivity index (χ1n) is 8.04. The highest BCUT2D eigenvalue weighted by Crippen LogP contribution is 2.32. The number of nitrogens with zero attached hydrogens (tertiary/aromatic N) is 3. The predicted octanol–water partition coefficient (Wildman–Crippen LogP) is 3.44. The molecule has 1 aliphatic rings. The number of hydrogen-bond donors (Lipinski definition) is 1. The molecule has 0 saturated carbocycles. The Kier molecular flexibility index (Phi) is 4.56. The van der Waals surface area contributed by atoms with Crippen LogP contribution in [-0.2, 0) is 23.5 Å². The minimum Gasteiger partial charge on any atom is -0.357 e. The molecule has 1 amide bonds. The molecule has 0 atom stereocenters. The van der Waals surface area contributed by atoms with E-state index >= 15 is 0 Å². The Balaban J connectivity index is 1.42. The number of halogens is 1. The SMILES string of the molecule is Cc1nc(CSCC(=O)N2CCc3[nH]c4c(Br)cccc4c3C2)no1. The Morgan fingerprint density at radius 2 is 2.36 bits per heavy atom. The summed E-state index contributed by atoms with van der Waals surface area (Å²) in [4.78, 5) is 22.1. The Morgan fingerprint density at radius 3 is 3.16 bits per heavy atom. The van der Waals surface area contributed by atoms with Crippen LogP contribution in [0.5, 0.6) is 0 Å². The summed E-state index contributed by atoms with van der Waals surface area (Å²) in [5.74, 6) is 2.35. The van der Waals surface area contributed by atoms with Gasteiger partial charge in [0.15, 0.2) is 5.82 Å². The number of carbonyl (C=O) groups excluding carboxylic acids is 1. The van der Waals surface area contributed by atoms with Crippen LogP contribution < -0.4 is 0 Å². The van der Waals surface area contributed by atoms with Crippen LogP contribution in [0, 0.1) is 6.92 Å². The lowest BCUT2D eigenvalue weighted by atomic mass is 10.0. The van der Waals surface area contributed by atoms with Crippen molar-refractivity contribution in [2.75, 3.05) is 12.3 Å². The molecule has 1 aromatic carbocycles. The van der Waals surface area contributed by atoms with Crippen LogP contribution in [-0.4, -0.2) is 38.2 Å². The normalized spacial score (nSPS) is 14.1. The maximum Gasteiger partial charge on any atom is 0.232 e. The van der Waals surface area contributed by atoms with Gasteiger partial charge in [-0.1, -0.05) is 17.3 Å². The van der Waals surface area contributed by atoms with Crippen molar-refractivity contribution in [1.82, 2.24) is 20.0 Å². The fraction of sp³-hybridized carbons (Fsp3) is 0.353. The number of nitrogens with one attached hydrogen (secondary N) is 1. The Bertz CT molecular complexity index is 936. The molecule has 1 N–H and O–H groups in total. The molecule has 0 unspecified atom stereocenters. The van der Waals surface area contributed by atoms with E-state index in [1.54, 1.807) is 6.92 Å². The molecule has 3 heterocycles. The molecule has 25 heavy (non-hydrogen) atoms. The Hall–Kier alpha value is -1.80. The molecular weight excluding hydrogens is 404 g/mol. The summed E-state index contributed by atoms with van der Waals surface area (Å²) < 4.78 is 6.00. The van der Waals surface area contributed by atoms with Crippen molar-refractivity contribution in [3.05, 3.63) is 45.6 Å². The van der Waals surface area contributed by atoms with E-state index in [1.807, 2.05) is 17.0 Å². The summed E-state index contributed by atoms with van der Waals surface area (Å²) in [5, 5.41) is 5.04. The maximum absolute atomic E-state index is 12.5. The molecule has 2 aromatic heterocycles. The van der Waals surface area contributed by atoms with E-state index < -0.39 is 0 Å². The second-order valence-corrected chi connectivity index (χ2v) is 7.87. The lowest BCUT2D eigenvalue weighted by molar-refractivity contribution is -0.129. The van der Waals surface area contributed by atoms with E-state index in [0.29, 0.717) is 29.8 Å². The van der Waals surface area contributed by atoms with Crippen LogP contribution in [0.3, 0.4) is 0 Å². The third-order valence-electron chi connectivity index (χ3n) is 4.34. The van der Waals surface area contributed by atoms with Gasteiger partial charge in [0.1, 0.15) is 0 Å². The molecule has 0 radical (unpaired) electrons. The number of rotatable bonds is 4. The molecule has 4 rings (SSSR count). The highest BCUT2D eigenvalue weighted by atomic mass is 79.9. The van der Waals surface area contributed by atoms with E-state index in [1.165, 1.54) is 28.4 Å². The quantitative estimate of drug-likeness (QED) is 0.699. The number of fused-ring (bicyclic) bond motifs is 3. The predicted molar refractivity (Wildman–Crippen MR) is 100 cm³/mol. The van der Waals surface area contributed by atoms with E-state index in [0.717, 1.165) is 23.0 Å². The van der Waals surface area contributed by atoms with Gasteiger partial charge in [-0.3, -0.25) is 4.79 Å². The van der Waals surface area contributed by atoms with Gasteiger partial charge in [0.2, 0.25) is 11.8 Å². The smallest absolute Gasteiger partial charge is 0.232 e. The molecule has 0 saturated heterocycles. The Labute approximate surface area is 157 Å². The first kappa shape index (κ1) is 16.7. The number of aromatic amines is 1. The van der Waals surface area contributed by atoms with Crippen molar-refractivity contribution < 1.29 is 9.32 Å². The highest BCUT2D eigenvalue weighted by molar-refractivity contribution is 9.10. The summed E-state index contributed by atoms with van der Waals surface area (Å²) >= 11 is 5.11. The number of carbonyl (C=O) groups is 1. The number of amides is 1. The number of hydrogen-bond acceptors (Lipinski definition) is 5. The van der Waals surface area contributed by atoms with Gasteiger partial charge in [0, 0.05) is 47.6 Å². The molecule has 6 nitrogen and oxygen atoms in total. The molecule has 0 fully saturated rings. The third kappa shape index (κ3) is 3.32. The minimum absolute atomic E-state index is 0.153. The molecular formula is C17H17BrN4O2S. The molecule has 0 bridgehead atoms. The summed E-state index contributed by atoms with van der Waals surface area (Å²) in [6.45, 7) is 3.17. The van der Waals surface area contributed by atoms with Gasteiger partial charge in [-0.25, -0.2) is 0 Å². The number of aryl methyl sites for hydroxylation is 1. The van der Waals surface area contributed by atoms with Gasteiger partial charge >= 0.3 is 0 Å². The number of benzene rings is 1. The van der Waals surface area contributed by atoms with Gasteiger partial charge in [-0.05, 0) is 22.0 Å². The van der Waals surface area contributed by atoms with Crippen LogP contribution in [0.4, 0.5) is 0 Å². The van der Waals surface area contributed by atoms with Gasteiger partial charge in [-0.15, -0.1) is 11.8 Å². The fourth-order valence-corrected chi connectivity index (χ4v) is 4.36. The number of H-pyrrole nitrogens is 1. The average Bonchev–Trinajstić information content (AvgIpc) is 3.18. The monoisotopic (exact) mass is 420 g/mol. The molecule has 130 valence electrons. The number of para-hydroxylation sites is 1. The van der Waals surface area contributed by atoms with Crippen LogP contribution in [0.2, 0.25) is 0 Å². The highest BCUT2D eigenvalue weighted by Gasteiger charge is 2.24. The van der Waals surface area contributed by atoms with Gasteiger partial charge < -0.3 is 14.4 Å². The second kappa shape index (κ2) is 6.84. The Morgan fingerprint density at radius 1 is 1.48 bits per heavy atom. The van der Waals surface area contributed by atoms with Crippen molar-refractivity contribution in [2.45, 2.75) is 25.6 Å². The van der Waals surface area contributed by atoms with Gasteiger partial charge in [-0.2, -0.15) is 4.98 Å². The van der Waals surface area contributed by atoms with Crippen LogP contribution in [0.1, 0.15) is 23.0 Å². The largest absolute Gasteiger partial charge is 0.357 e. The summed E-state index contributed by atoms with van der Waals surface area (Å²) in [5.41, 5.74) is 3.58. The van der Waals surface area contributed by atoms with Crippen molar-refractivity contribution in [1.29, 1.82) is 0 Å². The van der Waals surface area contributed by atoms with Crippen LogP contribution >= 0.6 is 27.7 Å². The number of thioether (sulfide) groups is 1. The molecule has 3 aromatic rings. The van der Waals surface area contributed by atoms with Crippen LogP contribution in [0.25, 0.3) is 10.9 Å². The zero-order valence-electron chi connectivity index (χ0n) is 13.7. The fourth-order valence-electron chi connectivity index (χ4n) is 3.14. The molecule has 1 aliphatic heterocycles. The third-order valence-corrected chi connectivity index (χ3v) is 5.91. The lowest BCUT2D eigenvalue weighted by Crippen LogP contribution is -2.36. The van der Waals surface area contributed by atoms with E-state index in [9.17, 15) is 4.79 Å². The van der Waals surface area contributed by atoms with E-state index in [2.05, 4.69) is 37.1 Å². The number of aromatic nitrogens is 3. The lowest BCUT2D eigenvalue weighted by Gasteiger charge is -2.27. The average molecular weight is 421 g/mol. The van der Waals surface area contributed by atoms with Gasteiger partial charge in [0.25, 0.3) is 0 Å². The standard InChI is InChI=1S/C17H17BrN4O2S/c1-10-19-15(21-24-10)8-25-9-16(23)22-6-5-14-12(7-22)11-3-2-4-13(18)17(11)20-14/h2-4,20H,5-9H2,1H3. The van der Waals surface area contributed by atoms with E-state index in [-0.39, 0.29) is 5.91 Å².